The minimum Gasteiger partial charge on any atom is -0.507 e. The fraction of sp³-hybridized carbons (Fsp3) is 0.0769. The molecule has 0 aliphatic carbocycles. The van der Waals surface area contributed by atoms with Crippen molar-refractivity contribution >= 4 is 16.8 Å². The van der Waals surface area contributed by atoms with E-state index in [9.17, 15) is 5.11 Å². The largest absolute Gasteiger partial charge is 0.507 e. The molecule has 0 saturated heterocycles. The molecule has 15 heavy (non-hydrogen) atoms. The van der Waals surface area contributed by atoms with Crippen molar-refractivity contribution in [2.24, 2.45) is 0 Å². The first-order chi connectivity index (χ1) is 7.33. The Labute approximate surface area is 88.1 Å². The van der Waals surface area contributed by atoms with Crippen LogP contribution < -0.4 is 0 Å². The summed E-state index contributed by atoms with van der Waals surface area (Å²) in [5, 5.41) is 20.2. The van der Waals surface area contributed by atoms with Crippen LogP contribution in [0.25, 0.3) is 16.8 Å². The molecule has 2 aromatic rings. The van der Waals surface area contributed by atoms with E-state index in [0.717, 1.165) is 16.3 Å². The van der Waals surface area contributed by atoms with E-state index in [0.29, 0.717) is 0 Å². The van der Waals surface area contributed by atoms with Gasteiger partial charge in [-0.2, -0.15) is 0 Å². The number of phenolic OH excluding ortho intramolecular Hbond substituents is 1. The predicted octanol–water partition coefficient (Wildman–Crippen LogP) is 2.55. The topological polar surface area (TPSA) is 40.5 Å². The number of fused-ring (bicyclic) bond motifs is 1. The summed E-state index contributed by atoms with van der Waals surface area (Å²) < 4.78 is 0. The molecule has 2 nitrogen and oxygen atoms in total. The van der Waals surface area contributed by atoms with Gasteiger partial charge in [-0.15, -0.1) is 0 Å². The molecule has 0 atom stereocenters. The second kappa shape index (κ2) is 4.15. The van der Waals surface area contributed by atoms with Crippen LogP contribution in [0.1, 0.15) is 5.56 Å². The number of hydrogen-bond donors (Lipinski definition) is 2. The molecular weight excluding hydrogens is 188 g/mol. The highest BCUT2D eigenvalue weighted by molar-refractivity contribution is 5.94. The fourth-order valence-corrected chi connectivity index (χ4v) is 1.63. The Morgan fingerprint density at radius 2 is 1.73 bits per heavy atom. The van der Waals surface area contributed by atoms with Gasteiger partial charge < -0.3 is 10.2 Å². The van der Waals surface area contributed by atoms with Gasteiger partial charge in [-0.1, -0.05) is 42.5 Å². The first-order valence-corrected chi connectivity index (χ1v) is 4.81. The van der Waals surface area contributed by atoms with Crippen molar-refractivity contribution in [3.8, 4) is 5.75 Å². The van der Waals surface area contributed by atoms with Crippen LogP contribution in [0.5, 0.6) is 5.75 Å². The van der Waals surface area contributed by atoms with E-state index in [1.165, 1.54) is 0 Å². The quantitative estimate of drug-likeness (QED) is 0.782. The molecule has 2 aromatic carbocycles. The second-order valence-electron chi connectivity index (χ2n) is 3.30. The minimum absolute atomic E-state index is 0.0230. The van der Waals surface area contributed by atoms with Gasteiger partial charge in [-0.25, -0.2) is 0 Å². The molecule has 76 valence electrons. The van der Waals surface area contributed by atoms with Gasteiger partial charge in [-0.3, -0.25) is 0 Å². The van der Waals surface area contributed by atoms with Crippen molar-refractivity contribution in [2.45, 2.75) is 0 Å². The van der Waals surface area contributed by atoms with E-state index in [2.05, 4.69) is 0 Å². The summed E-state index contributed by atoms with van der Waals surface area (Å²) in [5.74, 6) is 0.284. The van der Waals surface area contributed by atoms with E-state index in [1.54, 1.807) is 12.1 Å². The van der Waals surface area contributed by atoms with Gasteiger partial charge in [0.15, 0.2) is 0 Å². The van der Waals surface area contributed by atoms with Gasteiger partial charge >= 0.3 is 0 Å². The van der Waals surface area contributed by atoms with Gasteiger partial charge in [0.25, 0.3) is 0 Å². The third-order valence-corrected chi connectivity index (χ3v) is 2.34. The molecule has 0 bridgehead atoms. The van der Waals surface area contributed by atoms with E-state index in [4.69, 9.17) is 5.11 Å². The average Bonchev–Trinajstić information content (AvgIpc) is 2.29. The number of hydrogen-bond acceptors (Lipinski definition) is 2. The van der Waals surface area contributed by atoms with E-state index in [-0.39, 0.29) is 12.4 Å². The number of aromatic hydroxyl groups is 1. The summed E-state index contributed by atoms with van der Waals surface area (Å²) >= 11 is 0. The highest BCUT2D eigenvalue weighted by atomic mass is 16.3. The lowest BCUT2D eigenvalue weighted by Gasteiger charge is -2.04. The van der Waals surface area contributed by atoms with Crippen LogP contribution in [0.15, 0.2) is 42.5 Å². The van der Waals surface area contributed by atoms with Crippen molar-refractivity contribution in [3.05, 3.63) is 48.0 Å². The average molecular weight is 200 g/mol. The molecule has 0 aromatic heterocycles. The number of phenols is 1. The Morgan fingerprint density at radius 3 is 2.47 bits per heavy atom. The normalized spacial score (nSPS) is 11.3. The molecule has 2 heteroatoms. The maximum Gasteiger partial charge on any atom is 0.123 e. The molecule has 2 N–H and O–H groups in total. The first-order valence-electron chi connectivity index (χ1n) is 4.81. The van der Waals surface area contributed by atoms with Crippen LogP contribution in [0.3, 0.4) is 0 Å². The number of aliphatic hydroxyl groups excluding tert-OH is 1. The lowest BCUT2D eigenvalue weighted by atomic mass is 10.0. The van der Waals surface area contributed by atoms with Crippen LogP contribution >= 0.6 is 0 Å². The molecule has 0 amide bonds. The molecular formula is C13H12O2. The fourth-order valence-electron chi connectivity index (χ4n) is 1.63. The molecule has 0 aliphatic rings. The Bertz CT molecular complexity index is 501. The third kappa shape index (κ3) is 1.85. The molecule has 0 radical (unpaired) electrons. The maximum atomic E-state index is 9.65. The van der Waals surface area contributed by atoms with Crippen LogP contribution in [0.4, 0.5) is 0 Å². The summed E-state index contributed by atoms with van der Waals surface area (Å²) in [5.41, 5.74) is 0.998. The Morgan fingerprint density at radius 1 is 1.00 bits per heavy atom. The van der Waals surface area contributed by atoms with Crippen LogP contribution in [0, 0.1) is 0 Å². The van der Waals surface area contributed by atoms with Crippen molar-refractivity contribution in [3.63, 3.8) is 0 Å². The summed E-state index contributed by atoms with van der Waals surface area (Å²) in [7, 11) is 0. The predicted molar refractivity (Wildman–Crippen MR) is 61.7 cm³/mol. The molecule has 0 unspecified atom stereocenters. The molecule has 0 fully saturated rings. The Kier molecular flexibility index (Phi) is 2.70. The summed E-state index contributed by atoms with van der Waals surface area (Å²) in [6.07, 6.45) is 3.53. The van der Waals surface area contributed by atoms with Crippen LogP contribution in [-0.4, -0.2) is 16.8 Å². The summed E-state index contributed by atoms with van der Waals surface area (Å²) in [6.45, 7) is 0.0230. The number of aliphatic hydroxyl groups is 1. The minimum atomic E-state index is 0.0230. The standard InChI is InChI=1S/C13H12O2/c14-9-3-4-10-7-8-13(15)12-6-2-1-5-11(10)12/h1-8,14-15H,9H2. The zero-order chi connectivity index (χ0) is 10.7. The number of benzene rings is 2. The van der Waals surface area contributed by atoms with Gasteiger partial charge in [0.05, 0.1) is 6.61 Å². The highest BCUT2D eigenvalue weighted by Crippen LogP contribution is 2.27. The zero-order valence-corrected chi connectivity index (χ0v) is 8.22. The highest BCUT2D eigenvalue weighted by Gasteiger charge is 2.01. The van der Waals surface area contributed by atoms with Gasteiger partial charge in [0, 0.05) is 5.39 Å². The zero-order valence-electron chi connectivity index (χ0n) is 8.22. The van der Waals surface area contributed by atoms with Crippen molar-refractivity contribution in [2.75, 3.05) is 6.61 Å². The van der Waals surface area contributed by atoms with E-state index >= 15 is 0 Å². The van der Waals surface area contributed by atoms with Crippen LogP contribution in [-0.2, 0) is 0 Å². The maximum absolute atomic E-state index is 9.65. The Hall–Kier alpha value is -1.80. The Balaban J connectivity index is 2.66. The lowest BCUT2D eigenvalue weighted by molar-refractivity contribution is 0.343. The monoisotopic (exact) mass is 200 g/mol. The summed E-state index contributed by atoms with van der Waals surface area (Å²) in [4.78, 5) is 0. The number of rotatable bonds is 2. The first kappa shape index (κ1) is 9.74. The van der Waals surface area contributed by atoms with Gasteiger partial charge in [0.1, 0.15) is 5.75 Å². The smallest absolute Gasteiger partial charge is 0.123 e. The van der Waals surface area contributed by atoms with Gasteiger partial charge in [-0.05, 0) is 17.0 Å². The third-order valence-electron chi connectivity index (χ3n) is 2.34. The van der Waals surface area contributed by atoms with E-state index in [1.807, 2.05) is 36.4 Å². The summed E-state index contributed by atoms with van der Waals surface area (Å²) in [6, 6.07) is 11.1. The van der Waals surface area contributed by atoms with Crippen molar-refractivity contribution in [1.82, 2.24) is 0 Å². The molecule has 0 aliphatic heterocycles. The molecule has 2 rings (SSSR count). The van der Waals surface area contributed by atoms with Crippen LogP contribution in [0.2, 0.25) is 0 Å². The molecule has 0 heterocycles. The van der Waals surface area contributed by atoms with E-state index < -0.39 is 0 Å². The van der Waals surface area contributed by atoms with Crippen molar-refractivity contribution in [1.29, 1.82) is 0 Å². The SMILES string of the molecule is OCC=Cc1ccc(O)c2ccccc12. The van der Waals surface area contributed by atoms with Gasteiger partial charge in [0.2, 0.25) is 0 Å². The second-order valence-corrected chi connectivity index (χ2v) is 3.30. The lowest BCUT2D eigenvalue weighted by Crippen LogP contribution is -1.80. The molecule has 0 saturated carbocycles. The van der Waals surface area contributed by atoms with Crippen molar-refractivity contribution < 1.29 is 10.2 Å². The molecule has 0 spiro atoms.